The largest absolute Gasteiger partial charge is 0.329 e. The van der Waals surface area contributed by atoms with E-state index in [0.29, 0.717) is 31.5 Å². The van der Waals surface area contributed by atoms with Gasteiger partial charge in [0.05, 0.1) is 0 Å². The Balaban J connectivity index is 2.68. The molecule has 0 aromatic carbocycles. The maximum atomic E-state index is 12.2. The van der Waals surface area contributed by atoms with Gasteiger partial charge >= 0.3 is 0 Å². The number of rotatable bonds is 6. The lowest BCUT2D eigenvalue weighted by Crippen LogP contribution is -2.53. The highest BCUT2D eigenvalue weighted by atomic mass is 32.2. The van der Waals surface area contributed by atoms with E-state index < -0.39 is 10.2 Å². The van der Waals surface area contributed by atoms with Gasteiger partial charge in [-0.25, -0.2) is 4.72 Å². The summed E-state index contributed by atoms with van der Waals surface area (Å²) in [6, 6.07) is -0.0478. The van der Waals surface area contributed by atoms with E-state index in [0.717, 1.165) is 19.3 Å². The first kappa shape index (κ1) is 15.9. The zero-order valence-corrected chi connectivity index (χ0v) is 12.5. The smallest absolute Gasteiger partial charge is 0.279 e. The van der Waals surface area contributed by atoms with Crippen molar-refractivity contribution in [2.75, 3.05) is 19.6 Å². The number of nitrogens with two attached hydrogens (primary N) is 1. The fourth-order valence-corrected chi connectivity index (χ4v) is 3.99. The normalized spacial score (nSPS) is 26.7. The van der Waals surface area contributed by atoms with Crippen LogP contribution in [0.1, 0.15) is 40.0 Å². The van der Waals surface area contributed by atoms with Gasteiger partial charge in [0.15, 0.2) is 0 Å². The molecular formula is C12H27N3O2S. The highest BCUT2D eigenvalue weighted by Crippen LogP contribution is 2.26. The summed E-state index contributed by atoms with van der Waals surface area (Å²) >= 11 is 0. The van der Waals surface area contributed by atoms with Crippen LogP contribution in [0.5, 0.6) is 0 Å². The minimum atomic E-state index is -3.37. The molecule has 1 saturated heterocycles. The van der Waals surface area contributed by atoms with Crippen molar-refractivity contribution in [3.8, 4) is 0 Å². The zero-order chi connectivity index (χ0) is 13.8. The average Bonchev–Trinajstić information content (AvgIpc) is 2.35. The van der Waals surface area contributed by atoms with E-state index in [9.17, 15) is 8.42 Å². The molecule has 0 amide bonds. The molecule has 1 aliphatic heterocycles. The lowest BCUT2D eigenvalue weighted by atomic mass is 9.90. The fraction of sp³-hybridized carbons (Fsp3) is 1.00. The van der Waals surface area contributed by atoms with Gasteiger partial charge in [0.25, 0.3) is 10.2 Å². The Morgan fingerprint density at radius 3 is 2.61 bits per heavy atom. The van der Waals surface area contributed by atoms with Crippen molar-refractivity contribution in [2.45, 2.75) is 46.1 Å². The Morgan fingerprint density at radius 1 is 1.44 bits per heavy atom. The Morgan fingerprint density at radius 2 is 2.11 bits per heavy atom. The minimum absolute atomic E-state index is 0.0478. The average molecular weight is 277 g/mol. The minimum Gasteiger partial charge on any atom is -0.329 e. The summed E-state index contributed by atoms with van der Waals surface area (Å²) in [4.78, 5) is 0. The molecule has 1 rings (SSSR count). The van der Waals surface area contributed by atoms with Gasteiger partial charge in [-0.05, 0) is 24.7 Å². The van der Waals surface area contributed by atoms with Gasteiger partial charge in [-0.2, -0.15) is 12.7 Å². The van der Waals surface area contributed by atoms with Crippen molar-refractivity contribution in [3.63, 3.8) is 0 Å². The number of nitrogens with one attached hydrogen (secondary N) is 1. The summed E-state index contributed by atoms with van der Waals surface area (Å²) in [5.41, 5.74) is 5.73. The summed E-state index contributed by atoms with van der Waals surface area (Å²) in [5, 5.41) is 0. The second-order valence-electron chi connectivity index (χ2n) is 5.55. The van der Waals surface area contributed by atoms with Crippen LogP contribution in [0.3, 0.4) is 0 Å². The summed E-state index contributed by atoms with van der Waals surface area (Å²) < 4.78 is 28.7. The summed E-state index contributed by atoms with van der Waals surface area (Å²) in [7, 11) is -3.37. The van der Waals surface area contributed by atoms with Gasteiger partial charge in [0, 0.05) is 25.7 Å². The summed E-state index contributed by atoms with van der Waals surface area (Å²) in [6.45, 7) is 7.61. The Labute approximate surface area is 111 Å². The van der Waals surface area contributed by atoms with Crippen molar-refractivity contribution in [1.82, 2.24) is 9.03 Å². The summed E-state index contributed by atoms with van der Waals surface area (Å²) in [6.07, 6.45) is 2.93. The van der Waals surface area contributed by atoms with Crippen LogP contribution < -0.4 is 10.5 Å². The quantitative estimate of drug-likeness (QED) is 0.758. The van der Waals surface area contributed by atoms with E-state index in [1.54, 1.807) is 4.31 Å². The molecule has 18 heavy (non-hydrogen) atoms. The SMILES string of the molecule is CCC1CCN(S(=O)(=O)NCC(C)C)C(CN)C1. The molecule has 2 unspecified atom stereocenters. The maximum Gasteiger partial charge on any atom is 0.279 e. The fourth-order valence-electron chi connectivity index (χ4n) is 2.37. The topological polar surface area (TPSA) is 75.4 Å². The van der Waals surface area contributed by atoms with Gasteiger partial charge < -0.3 is 5.73 Å². The molecule has 3 N–H and O–H groups in total. The van der Waals surface area contributed by atoms with E-state index >= 15 is 0 Å². The number of hydrogen-bond acceptors (Lipinski definition) is 3. The van der Waals surface area contributed by atoms with Gasteiger partial charge in [-0.3, -0.25) is 0 Å². The molecule has 6 heteroatoms. The van der Waals surface area contributed by atoms with Crippen molar-refractivity contribution in [2.24, 2.45) is 17.6 Å². The van der Waals surface area contributed by atoms with E-state index in [1.807, 2.05) is 13.8 Å². The molecule has 108 valence electrons. The number of nitrogens with zero attached hydrogens (tertiary/aromatic N) is 1. The highest BCUT2D eigenvalue weighted by Gasteiger charge is 2.34. The van der Waals surface area contributed by atoms with E-state index in [-0.39, 0.29) is 6.04 Å². The summed E-state index contributed by atoms with van der Waals surface area (Å²) in [5.74, 6) is 0.916. The lowest BCUT2D eigenvalue weighted by molar-refractivity contribution is 0.195. The van der Waals surface area contributed by atoms with E-state index in [2.05, 4.69) is 11.6 Å². The Hall–Kier alpha value is -0.170. The van der Waals surface area contributed by atoms with Crippen molar-refractivity contribution in [3.05, 3.63) is 0 Å². The molecular weight excluding hydrogens is 250 g/mol. The molecule has 1 fully saturated rings. The predicted molar refractivity (Wildman–Crippen MR) is 74.3 cm³/mol. The number of hydrogen-bond donors (Lipinski definition) is 2. The van der Waals surface area contributed by atoms with Gasteiger partial charge in [-0.15, -0.1) is 0 Å². The molecule has 0 bridgehead atoms. The molecule has 1 aliphatic rings. The van der Waals surface area contributed by atoms with Crippen molar-refractivity contribution < 1.29 is 8.42 Å². The van der Waals surface area contributed by atoms with Gasteiger partial charge in [0.1, 0.15) is 0 Å². The zero-order valence-electron chi connectivity index (χ0n) is 11.7. The van der Waals surface area contributed by atoms with Crippen LogP contribution >= 0.6 is 0 Å². The molecule has 0 spiro atoms. The molecule has 5 nitrogen and oxygen atoms in total. The predicted octanol–water partition coefficient (Wildman–Crippen LogP) is 0.926. The third kappa shape index (κ3) is 4.19. The Kier molecular flexibility index (Phi) is 6.04. The standard InChI is InChI=1S/C12H27N3O2S/c1-4-11-5-6-15(12(7-11)8-13)18(16,17)14-9-10(2)3/h10-12,14H,4-9,13H2,1-3H3. The third-order valence-electron chi connectivity index (χ3n) is 3.60. The van der Waals surface area contributed by atoms with Crippen LogP contribution in [-0.4, -0.2) is 38.4 Å². The van der Waals surface area contributed by atoms with Crippen LogP contribution in [-0.2, 0) is 10.2 Å². The molecule has 0 radical (unpaired) electrons. The van der Waals surface area contributed by atoms with Crippen LogP contribution in [0.25, 0.3) is 0 Å². The first-order valence-electron chi connectivity index (χ1n) is 6.87. The van der Waals surface area contributed by atoms with Gasteiger partial charge in [-0.1, -0.05) is 27.2 Å². The highest BCUT2D eigenvalue weighted by molar-refractivity contribution is 7.87. The van der Waals surface area contributed by atoms with Crippen LogP contribution in [0.2, 0.25) is 0 Å². The lowest BCUT2D eigenvalue weighted by Gasteiger charge is -2.37. The third-order valence-corrected chi connectivity index (χ3v) is 5.23. The van der Waals surface area contributed by atoms with Crippen molar-refractivity contribution >= 4 is 10.2 Å². The molecule has 2 atom stereocenters. The molecule has 0 aromatic heterocycles. The van der Waals surface area contributed by atoms with Crippen LogP contribution in [0, 0.1) is 11.8 Å². The second kappa shape index (κ2) is 6.84. The maximum absolute atomic E-state index is 12.2. The van der Waals surface area contributed by atoms with Crippen molar-refractivity contribution in [1.29, 1.82) is 0 Å². The first-order valence-corrected chi connectivity index (χ1v) is 8.31. The molecule has 0 aromatic rings. The Bertz CT molecular complexity index is 343. The molecule has 1 heterocycles. The van der Waals surface area contributed by atoms with E-state index in [1.165, 1.54) is 0 Å². The molecule has 0 aliphatic carbocycles. The molecule has 0 saturated carbocycles. The van der Waals surface area contributed by atoms with Crippen LogP contribution in [0.15, 0.2) is 0 Å². The van der Waals surface area contributed by atoms with Gasteiger partial charge in [0.2, 0.25) is 0 Å². The monoisotopic (exact) mass is 277 g/mol. The number of piperidine rings is 1. The first-order chi connectivity index (χ1) is 8.40. The van der Waals surface area contributed by atoms with Crippen LogP contribution in [0.4, 0.5) is 0 Å². The van der Waals surface area contributed by atoms with E-state index in [4.69, 9.17) is 5.73 Å². The second-order valence-corrected chi connectivity index (χ2v) is 7.25.